The van der Waals surface area contributed by atoms with Crippen molar-refractivity contribution in [1.29, 1.82) is 0 Å². The number of aryl methyl sites for hydroxylation is 2. The highest BCUT2D eigenvalue weighted by atomic mass is 32.2. The summed E-state index contributed by atoms with van der Waals surface area (Å²) in [5.41, 5.74) is 4.40. The van der Waals surface area contributed by atoms with Gasteiger partial charge in [-0.25, -0.2) is 0 Å². The van der Waals surface area contributed by atoms with Gasteiger partial charge in [-0.15, -0.1) is 0 Å². The van der Waals surface area contributed by atoms with E-state index in [4.69, 9.17) is 9.47 Å². The molecule has 0 saturated heterocycles. The van der Waals surface area contributed by atoms with Crippen LogP contribution in [0.1, 0.15) is 11.1 Å². The standard InChI is InChI=1S/C26H23NO2S/c1-18-7-9-20(10-8-18)29-21-11-12-25(28-3)23(16-21)24-17-27-14-13-26(24)30-22-6-4-5-19(2)15-22/h4-17H,1-3H3. The van der Waals surface area contributed by atoms with Crippen LogP contribution in [-0.2, 0) is 0 Å². The Kier molecular flexibility index (Phi) is 6.05. The van der Waals surface area contributed by atoms with E-state index in [0.29, 0.717) is 0 Å². The zero-order valence-electron chi connectivity index (χ0n) is 17.3. The number of rotatable bonds is 6. The Bertz CT molecular complexity index is 1160. The number of aromatic nitrogens is 1. The van der Waals surface area contributed by atoms with Crippen LogP contribution in [0.2, 0.25) is 0 Å². The molecule has 0 N–H and O–H groups in total. The van der Waals surface area contributed by atoms with E-state index in [1.807, 2.05) is 60.9 Å². The lowest BCUT2D eigenvalue weighted by Crippen LogP contribution is -1.92. The van der Waals surface area contributed by atoms with Crippen LogP contribution in [0, 0.1) is 13.8 Å². The first kappa shape index (κ1) is 20.0. The highest BCUT2D eigenvalue weighted by Gasteiger charge is 2.14. The predicted octanol–water partition coefficient (Wildman–Crippen LogP) is 7.32. The summed E-state index contributed by atoms with van der Waals surface area (Å²) < 4.78 is 11.7. The van der Waals surface area contributed by atoms with Crippen LogP contribution in [0.5, 0.6) is 17.2 Å². The van der Waals surface area contributed by atoms with Crippen molar-refractivity contribution >= 4 is 11.8 Å². The minimum Gasteiger partial charge on any atom is -0.496 e. The maximum atomic E-state index is 6.09. The van der Waals surface area contributed by atoms with Gasteiger partial charge >= 0.3 is 0 Å². The molecule has 1 aromatic heterocycles. The Balaban J connectivity index is 1.71. The van der Waals surface area contributed by atoms with Gasteiger partial charge in [0.1, 0.15) is 17.2 Å². The third-order valence-electron chi connectivity index (χ3n) is 4.72. The van der Waals surface area contributed by atoms with Gasteiger partial charge < -0.3 is 9.47 Å². The Morgan fingerprint density at radius 1 is 0.767 bits per heavy atom. The SMILES string of the molecule is COc1ccc(Oc2ccc(C)cc2)cc1-c1cnccc1Sc1cccc(C)c1. The van der Waals surface area contributed by atoms with Crippen LogP contribution in [0.4, 0.5) is 0 Å². The normalized spacial score (nSPS) is 10.6. The molecule has 3 nitrogen and oxygen atoms in total. The first-order chi connectivity index (χ1) is 14.6. The first-order valence-corrected chi connectivity index (χ1v) is 10.6. The van der Waals surface area contributed by atoms with Crippen LogP contribution in [0.15, 0.2) is 95.0 Å². The molecular weight excluding hydrogens is 390 g/mol. The molecule has 0 atom stereocenters. The molecule has 0 bridgehead atoms. The number of ether oxygens (including phenoxy) is 2. The van der Waals surface area contributed by atoms with Crippen molar-refractivity contribution in [3.8, 4) is 28.4 Å². The van der Waals surface area contributed by atoms with Gasteiger partial charge in [-0.05, 0) is 62.4 Å². The van der Waals surface area contributed by atoms with Gasteiger partial charge in [0.2, 0.25) is 0 Å². The summed E-state index contributed by atoms with van der Waals surface area (Å²) in [5, 5.41) is 0. The van der Waals surface area contributed by atoms with Crippen molar-refractivity contribution < 1.29 is 9.47 Å². The molecule has 0 radical (unpaired) electrons. The molecule has 0 unspecified atom stereocenters. The molecule has 0 saturated carbocycles. The van der Waals surface area contributed by atoms with Crippen LogP contribution in [-0.4, -0.2) is 12.1 Å². The second-order valence-corrected chi connectivity index (χ2v) is 8.18. The highest BCUT2D eigenvalue weighted by Crippen LogP contribution is 2.41. The molecule has 150 valence electrons. The molecule has 30 heavy (non-hydrogen) atoms. The molecule has 0 aliphatic heterocycles. The maximum Gasteiger partial charge on any atom is 0.128 e. The number of nitrogens with zero attached hydrogens (tertiary/aromatic N) is 1. The minimum absolute atomic E-state index is 0.755. The van der Waals surface area contributed by atoms with Gasteiger partial charge in [0.15, 0.2) is 0 Å². The first-order valence-electron chi connectivity index (χ1n) is 9.74. The van der Waals surface area contributed by atoms with Gasteiger partial charge in [0.05, 0.1) is 7.11 Å². The van der Waals surface area contributed by atoms with E-state index >= 15 is 0 Å². The maximum absolute atomic E-state index is 6.09. The van der Waals surface area contributed by atoms with Crippen LogP contribution < -0.4 is 9.47 Å². The summed E-state index contributed by atoms with van der Waals surface area (Å²) in [6, 6.07) is 24.4. The van der Waals surface area contributed by atoms with E-state index in [9.17, 15) is 0 Å². The number of pyridine rings is 1. The largest absolute Gasteiger partial charge is 0.496 e. The molecule has 0 amide bonds. The van der Waals surface area contributed by atoms with E-state index in [1.54, 1.807) is 18.9 Å². The lowest BCUT2D eigenvalue weighted by atomic mass is 10.1. The van der Waals surface area contributed by atoms with Crippen molar-refractivity contribution in [3.05, 3.63) is 96.3 Å². The van der Waals surface area contributed by atoms with Gasteiger partial charge in [-0.2, -0.15) is 0 Å². The second kappa shape index (κ2) is 9.06. The summed E-state index contributed by atoms with van der Waals surface area (Å²) in [5.74, 6) is 2.34. The van der Waals surface area contributed by atoms with Crippen molar-refractivity contribution in [1.82, 2.24) is 4.98 Å². The summed E-state index contributed by atoms with van der Waals surface area (Å²) >= 11 is 1.72. The van der Waals surface area contributed by atoms with Crippen molar-refractivity contribution in [2.24, 2.45) is 0 Å². The minimum atomic E-state index is 0.755. The third kappa shape index (κ3) is 4.66. The van der Waals surface area contributed by atoms with Gasteiger partial charge in [-0.3, -0.25) is 4.98 Å². The average Bonchev–Trinajstić information content (AvgIpc) is 2.76. The second-order valence-electron chi connectivity index (χ2n) is 7.07. The lowest BCUT2D eigenvalue weighted by Gasteiger charge is -2.15. The Morgan fingerprint density at radius 3 is 2.33 bits per heavy atom. The number of hydrogen-bond donors (Lipinski definition) is 0. The highest BCUT2D eigenvalue weighted by molar-refractivity contribution is 7.99. The molecule has 1 heterocycles. The van der Waals surface area contributed by atoms with Gasteiger partial charge in [0.25, 0.3) is 0 Å². The Labute approximate surface area is 181 Å². The summed E-state index contributed by atoms with van der Waals surface area (Å²) in [4.78, 5) is 6.67. The lowest BCUT2D eigenvalue weighted by molar-refractivity contribution is 0.414. The van der Waals surface area contributed by atoms with Crippen LogP contribution >= 0.6 is 11.8 Å². The predicted molar refractivity (Wildman–Crippen MR) is 123 cm³/mol. The topological polar surface area (TPSA) is 31.4 Å². The summed E-state index contributed by atoms with van der Waals surface area (Å²) in [7, 11) is 1.68. The van der Waals surface area contributed by atoms with Crippen LogP contribution in [0.3, 0.4) is 0 Å². The van der Waals surface area contributed by atoms with Crippen molar-refractivity contribution in [2.45, 2.75) is 23.6 Å². The average molecular weight is 414 g/mol. The van der Waals surface area contributed by atoms with Gasteiger partial charge in [-0.1, -0.05) is 47.2 Å². The molecule has 0 aliphatic carbocycles. The zero-order valence-corrected chi connectivity index (χ0v) is 18.1. The monoisotopic (exact) mass is 413 g/mol. The van der Waals surface area contributed by atoms with Gasteiger partial charge in [0, 0.05) is 33.3 Å². The van der Waals surface area contributed by atoms with E-state index in [2.05, 4.69) is 43.1 Å². The van der Waals surface area contributed by atoms with Crippen molar-refractivity contribution in [2.75, 3.05) is 7.11 Å². The Hall–Kier alpha value is -3.24. The molecule has 4 rings (SSSR count). The molecule has 4 heteroatoms. The summed E-state index contributed by atoms with van der Waals surface area (Å²) in [6.07, 6.45) is 3.70. The summed E-state index contributed by atoms with van der Waals surface area (Å²) in [6.45, 7) is 4.16. The number of methoxy groups -OCH3 is 1. The molecular formula is C26H23NO2S. The van der Waals surface area contributed by atoms with Crippen molar-refractivity contribution in [3.63, 3.8) is 0 Å². The van der Waals surface area contributed by atoms with Crippen LogP contribution in [0.25, 0.3) is 11.1 Å². The van der Waals surface area contributed by atoms with E-state index in [1.165, 1.54) is 16.0 Å². The molecule has 3 aromatic carbocycles. The van der Waals surface area contributed by atoms with E-state index < -0.39 is 0 Å². The zero-order chi connectivity index (χ0) is 20.9. The Morgan fingerprint density at radius 2 is 1.57 bits per heavy atom. The smallest absolute Gasteiger partial charge is 0.128 e. The fraction of sp³-hybridized carbons (Fsp3) is 0.115. The fourth-order valence-corrected chi connectivity index (χ4v) is 4.23. The number of hydrogen-bond acceptors (Lipinski definition) is 4. The molecule has 0 spiro atoms. The third-order valence-corrected chi connectivity index (χ3v) is 5.78. The number of benzene rings is 3. The van der Waals surface area contributed by atoms with E-state index in [0.717, 1.165) is 33.3 Å². The molecule has 4 aromatic rings. The van der Waals surface area contributed by atoms with E-state index in [-0.39, 0.29) is 0 Å². The molecule has 0 fully saturated rings. The quantitative estimate of drug-likeness (QED) is 0.331. The fourth-order valence-electron chi connectivity index (χ4n) is 3.18. The molecule has 0 aliphatic rings.